The van der Waals surface area contributed by atoms with Gasteiger partial charge in [-0.3, -0.25) is 4.79 Å². The summed E-state index contributed by atoms with van der Waals surface area (Å²) in [6, 6.07) is 0. The number of alkyl halides is 1. The van der Waals surface area contributed by atoms with Gasteiger partial charge in [0.2, 0.25) is 5.91 Å². The molecule has 0 aromatic rings. The number of nitrogens with one attached hydrogen (secondary N) is 1. The monoisotopic (exact) mass is 181 g/mol. The van der Waals surface area contributed by atoms with Gasteiger partial charge < -0.3 is 5.32 Å². The van der Waals surface area contributed by atoms with Crippen molar-refractivity contribution in [1.82, 2.24) is 5.32 Å². The molecule has 1 aliphatic heterocycles. The van der Waals surface area contributed by atoms with E-state index in [1.807, 2.05) is 0 Å². The molecule has 2 nitrogen and oxygen atoms in total. The molecule has 50 valence electrons. The number of hydrogen-bond donors (Lipinski definition) is 1. The second-order valence-electron chi connectivity index (χ2n) is 1.54. The van der Waals surface area contributed by atoms with Crippen LogP contribution in [0, 0.1) is 0 Å². The number of thiocarbonyl (C=S) groups is 1. The van der Waals surface area contributed by atoms with Crippen LogP contribution in [0.25, 0.3) is 0 Å². The third-order valence-corrected chi connectivity index (χ3v) is 2.77. The highest BCUT2D eigenvalue weighted by atomic mass is 35.5. The second kappa shape index (κ2) is 2.86. The summed E-state index contributed by atoms with van der Waals surface area (Å²) >= 11 is 11.5. The Kier molecular flexibility index (Phi) is 2.32. The fourth-order valence-corrected chi connectivity index (χ4v) is 1.92. The maximum absolute atomic E-state index is 10.7. The van der Waals surface area contributed by atoms with Crippen molar-refractivity contribution < 1.29 is 4.79 Å². The Hall–Kier alpha value is 0.200. The number of carbonyl (C=O) groups is 1. The van der Waals surface area contributed by atoms with E-state index >= 15 is 0 Å². The van der Waals surface area contributed by atoms with Crippen LogP contribution < -0.4 is 5.32 Å². The van der Waals surface area contributed by atoms with Crippen molar-refractivity contribution in [2.45, 2.75) is 5.25 Å². The molecule has 0 aromatic carbocycles. The Morgan fingerprint density at radius 3 is 2.78 bits per heavy atom. The Balaban J connectivity index is 2.58. The second-order valence-corrected chi connectivity index (χ2v) is 3.73. The first-order chi connectivity index (χ1) is 4.24. The van der Waals surface area contributed by atoms with E-state index < -0.39 is 0 Å². The van der Waals surface area contributed by atoms with Gasteiger partial charge in [-0.1, -0.05) is 24.0 Å². The minimum absolute atomic E-state index is 0.0694. The molecule has 1 fully saturated rings. The molecular weight excluding hydrogens is 178 g/mol. The number of hydrogen-bond acceptors (Lipinski definition) is 3. The van der Waals surface area contributed by atoms with Crippen LogP contribution >= 0.6 is 35.6 Å². The van der Waals surface area contributed by atoms with E-state index in [4.69, 9.17) is 23.8 Å². The maximum atomic E-state index is 10.7. The largest absolute Gasteiger partial charge is 0.311 e. The van der Waals surface area contributed by atoms with Gasteiger partial charge >= 0.3 is 0 Å². The third kappa shape index (κ3) is 1.56. The van der Waals surface area contributed by atoms with Crippen molar-refractivity contribution in [3.8, 4) is 0 Å². The summed E-state index contributed by atoms with van der Waals surface area (Å²) in [5.74, 6) is 0.261. The summed E-state index contributed by atoms with van der Waals surface area (Å²) in [4.78, 5) is 10.7. The maximum Gasteiger partial charge on any atom is 0.240 e. The lowest BCUT2D eigenvalue weighted by Gasteiger charge is -1.94. The Morgan fingerprint density at radius 1 is 1.89 bits per heavy atom. The van der Waals surface area contributed by atoms with Crippen LogP contribution in [0.15, 0.2) is 0 Å². The summed E-state index contributed by atoms with van der Waals surface area (Å²) in [6.45, 7) is 0. The summed E-state index contributed by atoms with van der Waals surface area (Å²) in [7, 11) is 0. The lowest BCUT2D eigenvalue weighted by atomic mass is 10.4. The highest BCUT2D eigenvalue weighted by molar-refractivity contribution is 8.24. The van der Waals surface area contributed by atoms with Gasteiger partial charge in [-0.25, -0.2) is 0 Å². The zero-order chi connectivity index (χ0) is 6.85. The number of carbonyl (C=O) groups excluding carboxylic acids is 1. The van der Waals surface area contributed by atoms with Crippen molar-refractivity contribution in [3.05, 3.63) is 0 Å². The molecule has 1 unspecified atom stereocenters. The average molecular weight is 182 g/mol. The van der Waals surface area contributed by atoms with Crippen LogP contribution in [0.4, 0.5) is 0 Å². The number of halogens is 1. The highest BCUT2D eigenvalue weighted by Gasteiger charge is 2.27. The molecule has 0 radical (unpaired) electrons. The molecule has 1 heterocycles. The van der Waals surface area contributed by atoms with Gasteiger partial charge in [0, 0.05) is 5.88 Å². The zero-order valence-corrected chi connectivity index (χ0v) is 6.78. The van der Waals surface area contributed by atoms with Gasteiger partial charge in [0.1, 0.15) is 9.57 Å². The highest BCUT2D eigenvalue weighted by Crippen LogP contribution is 2.19. The lowest BCUT2D eigenvalue weighted by molar-refractivity contribution is -0.118. The number of thioether (sulfide) groups is 1. The van der Waals surface area contributed by atoms with Crippen LogP contribution in [0.3, 0.4) is 0 Å². The zero-order valence-electron chi connectivity index (χ0n) is 4.39. The smallest absolute Gasteiger partial charge is 0.240 e. The molecule has 0 aromatic heterocycles. The predicted molar refractivity (Wildman–Crippen MR) is 42.8 cm³/mol. The predicted octanol–water partition coefficient (Wildman–Crippen LogP) is 0.742. The average Bonchev–Trinajstić information content (AvgIpc) is 2.10. The van der Waals surface area contributed by atoms with Crippen molar-refractivity contribution >= 4 is 45.8 Å². The van der Waals surface area contributed by atoms with E-state index in [1.54, 1.807) is 0 Å². The first kappa shape index (κ1) is 7.31. The van der Waals surface area contributed by atoms with E-state index in [0.717, 1.165) is 0 Å². The lowest BCUT2D eigenvalue weighted by Crippen LogP contribution is -2.24. The normalized spacial score (nSPS) is 26.6. The third-order valence-electron chi connectivity index (χ3n) is 0.907. The Bertz CT molecular complexity index is 161. The first-order valence-corrected chi connectivity index (χ1v) is 4.13. The van der Waals surface area contributed by atoms with Gasteiger partial charge in [-0.05, 0) is 0 Å². The van der Waals surface area contributed by atoms with Crippen molar-refractivity contribution in [3.63, 3.8) is 0 Å². The van der Waals surface area contributed by atoms with Crippen molar-refractivity contribution in [2.75, 3.05) is 5.88 Å². The van der Waals surface area contributed by atoms with E-state index in [0.29, 0.717) is 10.2 Å². The van der Waals surface area contributed by atoms with Gasteiger partial charge in [0.25, 0.3) is 0 Å². The molecule has 5 heteroatoms. The van der Waals surface area contributed by atoms with E-state index in [1.165, 1.54) is 11.8 Å². The molecule has 1 atom stereocenters. The van der Waals surface area contributed by atoms with E-state index in [2.05, 4.69) is 5.32 Å². The molecule has 1 N–H and O–H groups in total. The number of rotatable bonds is 1. The minimum atomic E-state index is -0.167. The molecule has 1 saturated heterocycles. The first-order valence-electron chi connectivity index (χ1n) is 2.31. The van der Waals surface area contributed by atoms with Crippen molar-refractivity contribution in [2.24, 2.45) is 0 Å². The molecule has 0 aliphatic carbocycles. The Morgan fingerprint density at radius 2 is 2.56 bits per heavy atom. The van der Waals surface area contributed by atoms with Crippen LogP contribution in [-0.2, 0) is 4.79 Å². The molecule has 1 rings (SSSR count). The van der Waals surface area contributed by atoms with Gasteiger partial charge in [-0.15, -0.1) is 11.6 Å². The number of amides is 1. The molecule has 0 saturated carbocycles. The van der Waals surface area contributed by atoms with Gasteiger partial charge in [0.05, 0.1) is 0 Å². The molecule has 0 spiro atoms. The SMILES string of the molecule is O=C1NC(=S)SC1CCl. The Labute approximate surface area is 67.3 Å². The molecule has 1 aliphatic rings. The minimum Gasteiger partial charge on any atom is -0.311 e. The van der Waals surface area contributed by atoms with Crippen LogP contribution in [0.2, 0.25) is 0 Å². The summed E-state index contributed by atoms with van der Waals surface area (Å²) < 4.78 is 0.533. The van der Waals surface area contributed by atoms with Crippen molar-refractivity contribution in [1.29, 1.82) is 0 Å². The standard InChI is InChI=1S/C4H4ClNOS2/c5-1-2-3(7)6-4(8)9-2/h2H,1H2,(H,6,7,8). The summed E-state index contributed by atoms with van der Waals surface area (Å²) in [5, 5.41) is 2.32. The van der Waals surface area contributed by atoms with Gasteiger partial charge in [-0.2, -0.15) is 0 Å². The van der Waals surface area contributed by atoms with E-state index in [9.17, 15) is 4.79 Å². The fourth-order valence-electron chi connectivity index (χ4n) is 0.495. The molecule has 1 amide bonds. The van der Waals surface area contributed by atoms with Crippen LogP contribution in [-0.4, -0.2) is 21.4 Å². The fraction of sp³-hybridized carbons (Fsp3) is 0.500. The topological polar surface area (TPSA) is 29.1 Å². The van der Waals surface area contributed by atoms with Gasteiger partial charge in [0.15, 0.2) is 0 Å². The van der Waals surface area contributed by atoms with E-state index in [-0.39, 0.29) is 11.2 Å². The molecular formula is C4H4ClNOS2. The quantitative estimate of drug-likeness (QED) is 0.478. The summed E-state index contributed by atoms with van der Waals surface area (Å²) in [5.41, 5.74) is 0. The molecule has 0 bridgehead atoms. The molecule has 9 heavy (non-hydrogen) atoms. The van der Waals surface area contributed by atoms with Crippen LogP contribution in [0.1, 0.15) is 0 Å². The summed E-state index contributed by atoms with van der Waals surface area (Å²) in [6.07, 6.45) is 0. The van der Waals surface area contributed by atoms with Crippen LogP contribution in [0.5, 0.6) is 0 Å².